The van der Waals surface area contributed by atoms with Crippen LogP contribution >= 0.6 is 31.9 Å². The summed E-state index contributed by atoms with van der Waals surface area (Å²) in [5.41, 5.74) is 6.47. The summed E-state index contributed by atoms with van der Waals surface area (Å²) in [5, 5.41) is 4.12. The standard InChI is InChI=1S/C19H13BrF2N2.C18H13BrF2O.C5H11NSi/c1-23-24-18-15-8-13(20)4-2-12(15)10-19(18)7-6-14-11(9-19)3-5-16(21)17(14)22;19-12-3-1-11-9-18(17(22)14(11)7-12)6-5-13-10(8-18)2-4-15(20)16(13)21;1-5-6-7(2,3)4/h2-5,8H,6-7,9-10H2;1-4,7H,5-6,8-9H2;1H2,2-4H3/b24-18+;;. The lowest BCUT2D eigenvalue weighted by Gasteiger charge is -2.34. The molecule has 4 nitrogen and oxygen atoms in total. The van der Waals surface area contributed by atoms with E-state index in [-0.39, 0.29) is 11.2 Å². The molecule has 8 rings (SSSR count). The SMILES string of the molecule is C=C=N[Si](C)(C)C.O=C1c2cc(Br)ccc2CC12CCc1c(ccc(F)c1F)C2.[C-]#[N+]/N=C1\c2cc(Br)ccc2CC12CCc1c(ccc(F)c1F)C2. The van der Waals surface area contributed by atoms with Gasteiger partial charge in [-0.2, -0.15) is 6.57 Å². The molecule has 2 atom stereocenters. The molecule has 0 N–H and O–H groups in total. The molecule has 2 unspecified atom stereocenters. The number of benzene rings is 4. The highest BCUT2D eigenvalue weighted by atomic mass is 79.9. The number of fused-ring (bicyclic) bond motifs is 4. The zero-order chi connectivity index (χ0) is 38.3. The first-order valence-electron chi connectivity index (χ1n) is 17.3. The van der Waals surface area contributed by atoms with E-state index in [1.165, 1.54) is 6.07 Å². The molecule has 11 heteroatoms. The summed E-state index contributed by atoms with van der Waals surface area (Å²) in [6.07, 6.45) is 4.66. The van der Waals surface area contributed by atoms with Crippen LogP contribution < -0.4 is 0 Å². The Morgan fingerprint density at radius 3 is 1.70 bits per heavy atom. The maximum atomic E-state index is 14.1. The van der Waals surface area contributed by atoms with Crippen LogP contribution in [-0.2, 0) is 38.5 Å². The number of nitrogens with zero attached hydrogens (tertiary/aromatic N) is 3. The normalized spacial score (nSPS) is 21.3. The summed E-state index contributed by atoms with van der Waals surface area (Å²) in [6.45, 7) is 17.0. The van der Waals surface area contributed by atoms with E-state index in [9.17, 15) is 22.4 Å². The van der Waals surface area contributed by atoms with Gasteiger partial charge in [0.05, 0.1) is 5.10 Å². The smallest absolute Gasteiger partial charge is 0.184 e. The molecule has 4 aromatic rings. The molecule has 0 heterocycles. The van der Waals surface area contributed by atoms with Crippen LogP contribution in [0, 0.1) is 40.7 Å². The van der Waals surface area contributed by atoms with Crippen molar-refractivity contribution in [3.63, 3.8) is 0 Å². The minimum absolute atomic E-state index is 0.138. The molecule has 0 aliphatic heterocycles. The second-order valence-corrected chi connectivity index (χ2v) is 21.6. The molecule has 4 aliphatic rings. The Hall–Kier alpha value is -3.94. The van der Waals surface area contributed by atoms with Gasteiger partial charge in [-0.25, -0.2) is 17.6 Å². The molecule has 2 spiro atoms. The Kier molecular flexibility index (Phi) is 11.0. The Labute approximate surface area is 325 Å². The molecule has 272 valence electrons. The van der Waals surface area contributed by atoms with Crippen molar-refractivity contribution in [2.45, 2.75) is 71.0 Å². The van der Waals surface area contributed by atoms with Crippen LogP contribution in [0.25, 0.3) is 4.95 Å². The van der Waals surface area contributed by atoms with Crippen LogP contribution in [0.3, 0.4) is 0 Å². The fourth-order valence-corrected chi connectivity index (χ4v) is 9.41. The van der Waals surface area contributed by atoms with E-state index >= 15 is 0 Å². The van der Waals surface area contributed by atoms with Crippen LogP contribution in [0.15, 0.2) is 85.9 Å². The predicted octanol–water partition coefficient (Wildman–Crippen LogP) is 11.4. The second-order valence-electron chi connectivity index (χ2n) is 15.2. The van der Waals surface area contributed by atoms with Crippen LogP contribution in [0.5, 0.6) is 0 Å². The van der Waals surface area contributed by atoms with Gasteiger partial charge in [-0.3, -0.25) is 9.45 Å². The molecule has 0 saturated carbocycles. The minimum atomic E-state index is -1.21. The summed E-state index contributed by atoms with van der Waals surface area (Å²) in [5.74, 6) is -0.400. The largest absolute Gasteiger partial charge is 0.294 e. The van der Waals surface area contributed by atoms with Crippen molar-refractivity contribution in [3.8, 4) is 0 Å². The first-order chi connectivity index (χ1) is 25.1. The van der Waals surface area contributed by atoms with E-state index in [1.54, 1.807) is 12.1 Å². The van der Waals surface area contributed by atoms with Crippen LogP contribution in [0.1, 0.15) is 62.1 Å². The summed E-state index contributed by atoms with van der Waals surface area (Å²) in [4.78, 5) is 16.2. The third-order valence-electron chi connectivity index (χ3n) is 10.6. The first-order valence-corrected chi connectivity index (χ1v) is 22.4. The van der Waals surface area contributed by atoms with Crippen LogP contribution in [0.2, 0.25) is 19.6 Å². The maximum Gasteiger partial charge on any atom is 0.184 e. The van der Waals surface area contributed by atoms with E-state index in [2.05, 4.69) is 78.7 Å². The zero-order valence-corrected chi connectivity index (χ0v) is 33.8. The quantitative estimate of drug-likeness (QED) is 0.0618. The third-order valence-corrected chi connectivity index (χ3v) is 12.4. The molecule has 0 saturated heterocycles. The van der Waals surface area contributed by atoms with Gasteiger partial charge in [0, 0.05) is 30.9 Å². The zero-order valence-electron chi connectivity index (χ0n) is 29.7. The lowest BCUT2D eigenvalue weighted by molar-refractivity contribution is 0.0793. The lowest BCUT2D eigenvalue weighted by atomic mass is 9.68. The van der Waals surface area contributed by atoms with Crippen molar-refractivity contribution in [3.05, 3.63) is 155 Å². The van der Waals surface area contributed by atoms with Crippen molar-refractivity contribution in [1.29, 1.82) is 0 Å². The molecular weight excluding hydrogens is 826 g/mol. The highest BCUT2D eigenvalue weighted by Gasteiger charge is 2.49. The second kappa shape index (κ2) is 15.1. The van der Waals surface area contributed by atoms with Gasteiger partial charge in [-0.15, -0.1) is 4.95 Å². The van der Waals surface area contributed by atoms with Gasteiger partial charge >= 0.3 is 0 Å². The van der Waals surface area contributed by atoms with Crippen molar-refractivity contribution >= 4 is 57.5 Å². The Bertz CT molecular complexity index is 2270. The predicted molar refractivity (Wildman–Crippen MR) is 211 cm³/mol. The van der Waals surface area contributed by atoms with Gasteiger partial charge in [0.2, 0.25) is 0 Å². The van der Waals surface area contributed by atoms with Crippen LogP contribution in [0.4, 0.5) is 17.6 Å². The number of hydrogen-bond donors (Lipinski definition) is 0. The summed E-state index contributed by atoms with van der Waals surface area (Å²) in [6, 6.07) is 17.5. The highest BCUT2D eigenvalue weighted by Crippen LogP contribution is 2.49. The molecule has 53 heavy (non-hydrogen) atoms. The molecular formula is C42H37Br2F4N3OSi. The average molecular weight is 864 g/mol. The van der Waals surface area contributed by atoms with Gasteiger partial charge in [-0.05, 0) is 153 Å². The van der Waals surface area contributed by atoms with E-state index in [0.29, 0.717) is 56.1 Å². The topological polar surface area (TPSA) is 46.1 Å². The van der Waals surface area contributed by atoms with Gasteiger partial charge in [0.15, 0.2) is 37.3 Å². The van der Waals surface area contributed by atoms with Gasteiger partial charge in [0.25, 0.3) is 0 Å². The summed E-state index contributed by atoms with van der Waals surface area (Å²) in [7, 11) is -1.21. The van der Waals surface area contributed by atoms with Crippen molar-refractivity contribution in [2.24, 2.45) is 20.6 Å². The number of carbonyl (C=O) groups excluding carboxylic acids is 1. The van der Waals surface area contributed by atoms with Crippen molar-refractivity contribution < 1.29 is 22.4 Å². The van der Waals surface area contributed by atoms with Gasteiger partial charge in [-0.1, -0.05) is 56.1 Å². The first kappa shape index (κ1) is 38.8. The molecule has 4 aromatic carbocycles. The maximum absolute atomic E-state index is 14.1. The monoisotopic (exact) mass is 861 g/mol. The number of Topliss-reactive ketones (excluding diaryl/α,β-unsaturated/α-hetero) is 1. The molecule has 0 radical (unpaired) electrons. The van der Waals surface area contributed by atoms with Crippen LogP contribution in [-0.4, -0.2) is 25.6 Å². The highest BCUT2D eigenvalue weighted by molar-refractivity contribution is 9.10. The summed E-state index contributed by atoms with van der Waals surface area (Å²) < 4.78 is 60.7. The number of carbonyl (C=O) groups is 1. The molecule has 0 bridgehead atoms. The van der Waals surface area contributed by atoms with Gasteiger partial charge < -0.3 is 0 Å². The number of rotatable bonds is 1. The molecule has 0 aromatic heterocycles. The summed E-state index contributed by atoms with van der Waals surface area (Å²) >= 11 is 6.88. The van der Waals surface area contributed by atoms with E-state index < -0.39 is 36.9 Å². The average Bonchev–Trinajstić information content (AvgIpc) is 3.54. The van der Waals surface area contributed by atoms with Gasteiger partial charge in [0.1, 0.15) is 5.71 Å². The fraction of sp³-hybridized carbons (Fsp3) is 0.310. The van der Waals surface area contributed by atoms with Crippen molar-refractivity contribution in [2.75, 3.05) is 0 Å². The van der Waals surface area contributed by atoms with E-state index in [4.69, 9.17) is 6.57 Å². The molecule has 0 fully saturated rings. The minimum Gasteiger partial charge on any atom is -0.294 e. The Morgan fingerprint density at radius 2 is 1.19 bits per heavy atom. The number of halogens is 6. The molecule has 4 aliphatic carbocycles. The molecule has 0 amide bonds. The van der Waals surface area contributed by atoms with E-state index in [1.807, 2.05) is 36.4 Å². The number of ketones is 1. The fourth-order valence-electron chi connectivity index (χ4n) is 8.22. The van der Waals surface area contributed by atoms with Crippen molar-refractivity contribution in [1.82, 2.24) is 0 Å². The Balaban J connectivity index is 0.000000155. The number of hydrogen-bond acceptors (Lipinski definition) is 3. The third kappa shape index (κ3) is 7.70. The lowest BCUT2D eigenvalue weighted by Crippen LogP contribution is -2.35. The van der Waals surface area contributed by atoms with E-state index in [0.717, 1.165) is 60.5 Å². The Morgan fingerprint density at radius 1 is 0.736 bits per heavy atom.